The largest absolute Gasteiger partial charge is 0.378 e. The highest BCUT2D eigenvalue weighted by atomic mass is 15.1. The Morgan fingerprint density at radius 1 is 0.800 bits per heavy atom. The maximum atomic E-state index is 4.16. The Hall–Kier alpha value is -2.94. The van der Waals surface area contributed by atoms with Crippen molar-refractivity contribution in [1.82, 2.24) is 4.98 Å². The van der Waals surface area contributed by atoms with E-state index in [1.54, 1.807) is 0 Å². The van der Waals surface area contributed by atoms with E-state index < -0.39 is 0 Å². The third kappa shape index (κ3) is 3.77. The second-order valence-electron chi connectivity index (χ2n) is 6.49. The molecule has 0 saturated heterocycles. The zero-order valence-corrected chi connectivity index (χ0v) is 15.3. The smallest absolute Gasteiger partial charge is 0.199 e. The van der Waals surface area contributed by atoms with Crippen LogP contribution in [0.5, 0.6) is 0 Å². The Labute approximate surface area is 150 Å². The van der Waals surface area contributed by atoms with Gasteiger partial charge in [0.1, 0.15) is 14.1 Å². The third-order valence-corrected chi connectivity index (χ3v) is 4.31. The first-order chi connectivity index (χ1) is 12.1. The van der Waals surface area contributed by atoms with Crippen molar-refractivity contribution in [2.45, 2.75) is 0 Å². The molecule has 1 aliphatic rings. The van der Waals surface area contributed by atoms with Crippen molar-refractivity contribution in [2.24, 2.45) is 0 Å². The lowest BCUT2D eigenvalue weighted by Crippen LogP contribution is -2.10. The van der Waals surface area contributed by atoms with Crippen LogP contribution in [0.1, 0.15) is 11.1 Å². The minimum atomic E-state index is 1.17. The average molecular weight is 330 g/mol. The topological polar surface area (TPSA) is 19.1 Å². The van der Waals surface area contributed by atoms with Crippen LogP contribution in [0.2, 0.25) is 0 Å². The van der Waals surface area contributed by atoms with Crippen molar-refractivity contribution in [3.05, 3.63) is 89.8 Å². The van der Waals surface area contributed by atoms with Gasteiger partial charge in [-0.25, -0.2) is 4.58 Å². The normalized spacial score (nSPS) is 13.1. The van der Waals surface area contributed by atoms with E-state index in [2.05, 4.69) is 103 Å². The van der Waals surface area contributed by atoms with Crippen LogP contribution in [0.15, 0.2) is 78.7 Å². The Kier molecular flexibility index (Phi) is 4.94. The number of allylic oxidation sites excluding steroid dienone is 5. The van der Waals surface area contributed by atoms with Gasteiger partial charge in [0.15, 0.2) is 5.71 Å². The molecule has 0 atom stereocenters. The van der Waals surface area contributed by atoms with E-state index in [0.29, 0.717) is 0 Å². The predicted molar refractivity (Wildman–Crippen MR) is 106 cm³/mol. The maximum absolute atomic E-state index is 4.16. The van der Waals surface area contributed by atoms with Gasteiger partial charge in [-0.1, -0.05) is 12.1 Å². The Morgan fingerprint density at radius 3 is 1.88 bits per heavy atom. The fourth-order valence-electron chi connectivity index (χ4n) is 2.87. The first kappa shape index (κ1) is 16.9. The number of aromatic nitrogens is 1. The van der Waals surface area contributed by atoms with Crippen molar-refractivity contribution in [3.8, 4) is 0 Å². The fraction of sp³-hybridized carbons (Fsp3) is 0.182. The number of benzene rings is 1. The summed E-state index contributed by atoms with van der Waals surface area (Å²) in [7, 11) is 8.23. The summed E-state index contributed by atoms with van der Waals surface area (Å²) in [5.41, 5.74) is 7.19. The van der Waals surface area contributed by atoms with E-state index in [1.807, 2.05) is 12.4 Å². The molecule has 3 nitrogen and oxygen atoms in total. The molecular weight excluding hydrogens is 306 g/mol. The van der Waals surface area contributed by atoms with E-state index in [0.717, 1.165) is 0 Å². The Balaban J connectivity index is 2.12. The molecule has 1 aromatic heterocycles. The average Bonchev–Trinajstić information content (AvgIpc) is 2.64. The van der Waals surface area contributed by atoms with E-state index >= 15 is 0 Å². The summed E-state index contributed by atoms with van der Waals surface area (Å²) in [5.74, 6) is 0. The molecule has 3 rings (SSSR count). The summed E-state index contributed by atoms with van der Waals surface area (Å²) < 4.78 is 2.11. The van der Waals surface area contributed by atoms with E-state index in [-0.39, 0.29) is 0 Å². The summed E-state index contributed by atoms with van der Waals surface area (Å²) in [6.45, 7) is 0. The summed E-state index contributed by atoms with van der Waals surface area (Å²) in [4.78, 5) is 6.28. The molecule has 0 aliphatic heterocycles. The number of nitrogens with zero attached hydrogens (tertiary/aromatic N) is 3. The zero-order valence-electron chi connectivity index (χ0n) is 15.3. The number of hydrogen-bond acceptors (Lipinski definition) is 2. The molecule has 1 heterocycles. The lowest BCUT2D eigenvalue weighted by atomic mass is 9.91. The quantitative estimate of drug-likeness (QED) is 0.798. The molecule has 0 amide bonds. The number of pyridine rings is 1. The lowest BCUT2D eigenvalue weighted by Gasteiger charge is -2.16. The SMILES string of the molecule is CN(C)c1ccc(C(=C2C=CC(=[N+](C)C)C=C2)c2ccncc2)cc1. The summed E-state index contributed by atoms with van der Waals surface area (Å²) >= 11 is 0. The molecule has 126 valence electrons. The molecule has 25 heavy (non-hydrogen) atoms. The summed E-state index contributed by atoms with van der Waals surface area (Å²) in [5, 5.41) is 0. The van der Waals surface area contributed by atoms with Gasteiger partial charge in [-0.05, 0) is 58.7 Å². The van der Waals surface area contributed by atoms with Crippen molar-refractivity contribution in [3.63, 3.8) is 0 Å². The molecule has 0 saturated carbocycles. The van der Waals surface area contributed by atoms with Crippen LogP contribution in [-0.2, 0) is 0 Å². The number of hydrogen-bond donors (Lipinski definition) is 0. The molecule has 0 spiro atoms. The molecule has 0 bridgehead atoms. The Morgan fingerprint density at radius 2 is 1.36 bits per heavy atom. The van der Waals surface area contributed by atoms with Crippen LogP contribution >= 0.6 is 0 Å². The molecular formula is C22H24N3+. The van der Waals surface area contributed by atoms with Gasteiger partial charge >= 0.3 is 0 Å². The van der Waals surface area contributed by atoms with Crippen molar-refractivity contribution < 1.29 is 4.58 Å². The monoisotopic (exact) mass is 330 g/mol. The van der Waals surface area contributed by atoms with Gasteiger partial charge in [0, 0.05) is 44.3 Å². The van der Waals surface area contributed by atoms with Crippen molar-refractivity contribution in [1.29, 1.82) is 0 Å². The second-order valence-corrected chi connectivity index (χ2v) is 6.49. The summed E-state index contributed by atoms with van der Waals surface area (Å²) in [6, 6.07) is 12.8. The van der Waals surface area contributed by atoms with Crippen molar-refractivity contribution >= 4 is 17.0 Å². The van der Waals surface area contributed by atoms with Gasteiger partial charge in [-0.2, -0.15) is 0 Å². The molecule has 0 fully saturated rings. The minimum Gasteiger partial charge on any atom is -0.378 e. The fourth-order valence-corrected chi connectivity index (χ4v) is 2.87. The van der Waals surface area contributed by atoms with Gasteiger partial charge in [0.2, 0.25) is 0 Å². The molecule has 3 heteroatoms. The predicted octanol–water partition coefficient (Wildman–Crippen LogP) is 3.79. The van der Waals surface area contributed by atoms with Gasteiger partial charge in [-0.15, -0.1) is 0 Å². The first-order valence-corrected chi connectivity index (χ1v) is 8.39. The van der Waals surface area contributed by atoms with E-state index in [4.69, 9.17) is 0 Å². The molecule has 2 aromatic rings. The molecule has 1 aliphatic carbocycles. The van der Waals surface area contributed by atoms with E-state index in [9.17, 15) is 0 Å². The second kappa shape index (κ2) is 7.31. The van der Waals surface area contributed by atoms with Gasteiger partial charge in [0.05, 0.1) is 0 Å². The third-order valence-electron chi connectivity index (χ3n) is 4.31. The maximum Gasteiger partial charge on any atom is 0.199 e. The van der Waals surface area contributed by atoms with E-state index in [1.165, 1.54) is 33.7 Å². The first-order valence-electron chi connectivity index (χ1n) is 8.39. The van der Waals surface area contributed by atoms with Crippen molar-refractivity contribution in [2.75, 3.05) is 33.1 Å². The number of rotatable bonds is 3. The van der Waals surface area contributed by atoms with Crippen LogP contribution in [0.3, 0.4) is 0 Å². The van der Waals surface area contributed by atoms with Gasteiger partial charge in [0.25, 0.3) is 0 Å². The Bertz CT molecular complexity index is 845. The molecule has 0 N–H and O–H groups in total. The van der Waals surface area contributed by atoms with Crippen LogP contribution in [0.4, 0.5) is 5.69 Å². The van der Waals surface area contributed by atoms with Gasteiger partial charge < -0.3 is 4.90 Å². The minimum absolute atomic E-state index is 1.17. The van der Waals surface area contributed by atoms with Crippen LogP contribution < -0.4 is 4.90 Å². The van der Waals surface area contributed by atoms with Crippen LogP contribution in [0, 0.1) is 0 Å². The van der Waals surface area contributed by atoms with Crippen LogP contribution in [-0.4, -0.2) is 43.5 Å². The summed E-state index contributed by atoms with van der Waals surface area (Å²) in [6.07, 6.45) is 12.4. The highest BCUT2D eigenvalue weighted by Crippen LogP contribution is 2.30. The highest BCUT2D eigenvalue weighted by molar-refractivity contribution is 6.03. The lowest BCUT2D eigenvalue weighted by molar-refractivity contribution is -0.462. The van der Waals surface area contributed by atoms with Crippen LogP contribution in [0.25, 0.3) is 5.57 Å². The standard InChI is InChI=1S/C22H24N3/c1-24(2)20-9-5-17(6-10-20)22(19-13-15-23-16-14-19)18-7-11-21(12-8-18)25(3)4/h5-16H,1-4H3/q+1. The van der Waals surface area contributed by atoms with Gasteiger partial charge in [-0.3, -0.25) is 4.98 Å². The number of anilines is 1. The highest BCUT2D eigenvalue weighted by Gasteiger charge is 2.13. The zero-order chi connectivity index (χ0) is 17.8. The molecule has 1 aromatic carbocycles. The molecule has 0 radical (unpaired) electrons. The molecule has 0 unspecified atom stereocenters.